The molecule has 1 heterocycles. The zero-order chi connectivity index (χ0) is 17.8. The second-order valence-corrected chi connectivity index (χ2v) is 8.37. The molecule has 2 atom stereocenters. The van der Waals surface area contributed by atoms with Gasteiger partial charge in [0.25, 0.3) is 5.91 Å². The second-order valence-electron chi connectivity index (χ2n) is 6.48. The van der Waals surface area contributed by atoms with Gasteiger partial charge in [0.15, 0.2) is 6.54 Å². The van der Waals surface area contributed by atoms with Crippen LogP contribution in [0.5, 0.6) is 0 Å². The van der Waals surface area contributed by atoms with E-state index in [2.05, 4.69) is 31.3 Å². The van der Waals surface area contributed by atoms with Crippen LogP contribution in [0.3, 0.4) is 0 Å². The molecule has 0 aromatic heterocycles. The van der Waals surface area contributed by atoms with E-state index in [0.717, 1.165) is 29.2 Å². The Balaban J connectivity index is 1.70. The Hall–Kier alpha value is -1.49. The van der Waals surface area contributed by atoms with Gasteiger partial charge in [0.1, 0.15) is 6.04 Å². The molecule has 0 spiro atoms. The predicted molar refractivity (Wildman–Crippen MR) is 105 cm³/mol. The maximum Gasteiger partial charge on any atom is 0.282 e. The standard InChI is InChI=1S/C20H23ClN2OS/c1-14-11-12-23(18-9-5-6-10-19(18)25-14)20(24)13-22-15(2)16-7-3-4-8-17(16)21/h3-10,14-15,22H,11-13H2,1-2H3/p+1/t14-,15+/m1/s1. The molecule has 0 saturated carbocycles. The summed E-state index contributed by atoms with van der Waals surface area (Å²) in [4.78, 5) is 16.0. The number of nitrogens with two attached hydrogens (primary N) is 1. The topological polar surface area (TPSA) is 36.9 Å². The number of nitrogens with zero attached hydrogens (tertiary/aromatic N) is 1. The lowest BCUT2D eigenvalue weighted by Crippen LogP contribution is -2.87. The van der Waals surface area contributed by atoms with Crippen LogP contribution in [0, 0.1) is 0 Å². The number of amides is 1. The van der Waals surface area contributed by atoms with Crippen molar-refractivity contribution in [2.45, 2.75) is 36.5 Å². The van der Waals surface area contributed by atoms with Crippen molar-refractivity contribution >= 4 is 35.0 Å². The summed E-state index contributed by atoms with van der Waals surface area (Å²) in [7, 11) is 0. The van der Waals surface area contributed by atoms with Crippen molar-refractivity contribution < 1.29 is 10.1 Å². The van der Waals surface area contributed by atoms with Crippen LogP contribution in [0.25, 0.3) is 0 Å². The van der Waals surface area contributed by atoms with E-state index in [9.17, 15) is 4.79 Å². The Kier molecular flexibility index (Phi) is 6.05. The number of thioether (sulfide) groups is 1. The van der Waals surface area contributed by atoms with E-state index in [4.69, 9.17) is 11.6 Å². The van der Waals surface area contributed by atoms with Crippen molar-refractivity contribution in [2.75, 3.05) is 18.0 Å². The van der Waals surface area contributed by atoms with Gasteiger partial charge >= 0.3 is 0 Å². The van der Waals surface area contributed by atoms with Crippen LogP contribution in [0.4, 0.5) is 5.69 Å². The first-order valence-electron chi connectivity index (χ1n) is 8.70. The van der Waals surface area contributed by atoms with Crippen molar-refractivity contribution in [1.82, 2.24) is 0 Å². The molecule has 1 aliphatic heterocycles. The number of hydrogen-bond donors (Lipinski definition) is 1. The van der Waals surface area contributed by atoms with Gasteiger partial charge < -0.3 is 10.2 Å². The van der Waals surface area contributed by atoms with Crippen LogP contribution in [-0.2, 0) is 4.79 Å². The average molecular weight is 376 g/mol. The van der Waals surface area contributed by atoms with E-state index in [0.29, 0.717) is 11.8 Å². The van der Waals surface area contributed by atoms with Crippen molar-refractivity contribution in [2.24, 2.45) is 0 Å². The van der Waals surface area contributed by atoms with E-state index in [1.54, 1.807) is 0 Å². The molecule has 132 valence electrons. The summed E-state index contributed by atoms with van der Waals surface area (Å²) in [5.74, 6) is 0.154. The molecular formula is C20H24ClN2OS+. The molecule has 3 rings (SSSR count). The molecule has 0 fully saturated rings. The molecule has 3 nitrogen and oxygen atoms in total. The number of carbonyl (C=O) groups is 1. The first kappa shape index (κ1) is 18.3. The Labute approximate surface area is 158 Å². The maximum absolute atomic E-state index is 12.9. The lowest BCUT2D eigenvalue weighted by atomic mass is 10.1. The smallest absolute Gasteiger partial charge is 0.282 e. The molecular weight excluding hydrogens is 352 g/mol. The molecule has 0 bridgehead atoms. The van der Waals surface area contributed by atoms with Crippen LogP contribution < -0.4 is 10.2 Å². The Bertz CT molecular complexity index is 752. The molecule has 0 unspecified atom stereocenters. The highest BCUT2D eigenvalue weighted by Crippen LogP contribution is 2.37. The van der Waals surface area contributed by atoms with E-state index in [1.165, 1.54) is 4.90 Å². The molecule has 0 saturated heterocycles. The van der Waals surface area contributed by atoms with E-state index < -0.39 is 0 Å². The number of hydrogen-bond acceptors (Lipinski definition) is 2. The number of halogens is 1. The zero-order valence-corrected chi connectivity index (χ0v) is 16.2. The first-order valence-corrected chi connectivity index (χ1v) is 9.96. The number of quaternary nitrogens is 1. The second kappa shape index (κ2) is 8.26. The van der Waals surface area contributed by atoms with Gasteiger partial charge in [-0.15, -0.1) is 11.8 Å². The van der Waals surface area contributed by atoms with Crippen LogP contribution >= 0.6 is 23.4 Å². The third kappa shape index (κ3) is 4.38. The van der Waals surface area contributed by atoms with Gasteiger partial charge in [0.2, 0.25) is 0 Å². The third-order valence-corrected chi connectivity index (χ3v) is 6.17. The maximum atomic E-state index is 12.9. The quantitative estimate of drug-likeness (QED) is 0.880. The van der Waals surface area contributed by atoms with E-state index in [1.807, 2.05) is 53.1 Å². The molecule has 0 radical (unpaired) electrons. The zero-order valence-electron chi connectivity index (χ0n) is 14.6. The Morgan fingerprint density at radius 3 is 2.80 bits per heavy atom. The number of rotatable bonds is 4. The minimum Gasteiger partial charge on any atom is -0.332 e. The van der Waals surface area contributed by atoms with Crippen molar-refractivity contribution in [3.05, 3.63) is 59.1 Å². The fraction of sp³-hybridized carbons (Fsp3) is 0.350. The number of benzene rings is 2. The highest BCUT2D eigenvalue weighted by molar-refractivity contribution is 8.00. The highest BCUT2D eigenvalue weighted by atomic mass is 35.5. The molecule has 2 aromatic carbocycles. The van der Waals surface area contributed by atoms with Gasteiger partial charge in [-0.05, 0) is 31.5 Å². The van der Waals surface area contributed by atoms with Crippen LogP contribution in [0.2, 0.25) is 5.02 Å². The summed E-state index contributed by atoms with van der Waals surface area (Å²) in [6.07, 6.45) is 1.01. The number of anilines is 1. The molecule has 1 amide bonds. The molecule has 2 aromatic rings. The summed E-state index contributed by atoms with van der Waals surface area (Å²) in [6.45, 7) is 5.50. The first-order chi connectivity index (χ1) is 12.1. The van der Waals surface area contributed by atoms with Crippen molar-refractivity contribution in [3.8, 4) is 0 Å². The molecule has 0 aliphatic carbocycles. The van der Waals surface area contributed by atoms with Crippen LogP contribution in [0.15, 0.2) is 53.4 Å². The molecule has 25 heavy (non-hydrogen) atoms. The largest absolute Gasteiger partial charge is 0.332 e. The van der Waals surface area contributed by atoms with Crippen molar-refractivity contribution in [3.63, 3.8) is 0 Å². The minimum atomic E-state index is 0.146. The lowest BCUT2D eigenvalue weighted by molar-refractivity contribution is -0.682. The SMILES string of the molecule is C[C@@H]1CCN(C(=O)C[NH2+][C@@H](C)c2ccccc2Cl)c2ccccc2S1. The van der Waals surface area contributed by atoms with E-state index >= 15 is 0 Å². The van der Waals surface area contributed by atoms with Crippen LogP contribution in [0.1, 0.15) is 31.9 Å². The summed E-state index contributed by atoms with van der Waals surface area (Å²) in [6, 6.07) is 16.2. The highest BCUT2D eigenvalue weighted by Gasteiger charge is 2.25. The van der Waals surface area contributed by atoms with E-state index in [-0.39, 0.29) is 11.9 Å². The van der Waals surface area contributed by atoms with Gasteiger partial charge in [-0.2, -0.15) is 0 Å². The number of fused-ring (bicyclic) bond motifs is 1. The van der Waals surface area contributed by atoms with Gasteiger partial charge in [-0.25, -0.2) is 0 Å². The van der Waals surface area contributed by atoms with Crippen LogP contribution in [-0.4, -0.2) is 24.2 Å². The van der Waals surface area contributed by atoms with Gasteiger partial charge in [0, 0.05) is 27.3 Å². The Morgan fingerprint density at radius 2 is 2.00 bits per heavy atom. The molecule has 1 aliphatic rings. The number of para-hydroxylation sites is 1. The monoisotopic (exact) mass is 375 g/mol. The summed E-state index contributed by atoms with van der Waals surface area (Å²) in [5.41, 5.74) is 2.11. The van der Waals surface area contributed by atoms with Crippen molar-refractivity contribution in [1.29, 1.82) is 0 Å². The molecule has 2 N–H and O–H groups in total. The fourth-order valence-corrected chi connectivity index (χ4v) is 4.53. The third-order valence-electron chi connectivity index (χ3n) is 4.59. The fourth-order valence-electron chi connectivity index (χ4n) is 3.11. The molecule has 5 heteroatoms. The summed E-state index contributed by atoms with van der Waals surface area (Å²) >= 11 is 8.13. The lowest BCUT2D eigenvalue weighted by Gasteiger charge is -2.22. The average Bonchev–Trinajstić information content (AvgIpc) is 2.78. The summed E-state index contributed by atoms with van der Waals surface area (Å²) < 4.78 is 0. The number of carbonyl (C=O) groups excluding carboxylic acids is 1. The van der Waals surface area contributed by atoms with Gasteiger partial charge in [-0.1, -0.05) is 48.9 Å². The van der Waals surface area contributed by atoms with Gasteiger partial charge in [0.05, 0.1) is 5.69 Å². The summed E-state index contributed by atoms with van der Waals surface area (Å²) in [5, 5.41) is 3.34. The predicted octanol–water partition coefficient (Wildman–Crippen LogP) is 3.88. The minimum absolute atomic E-state index is 0.146. The normalized spacial score (nSPS) is 18.4. The Morgan fingerprint density at radius 1 is 1.28 bits per heavy atom. The van der Waals surface area contributed by atoms with Gasteiger partial charge in [-0.3, -0.25) is 4.79 Å².